The van der Waals surface area contributed by atoms with Crippen LogP contribution in [0.5, 0.6) is 0 Å². The standard InChI is InChI=1S/C14H16ClN5O/c1-8-5-11(12(15)6-9(8)2)14(21)20(10-3-4-10)7-13-16-18-19-17-13/h5-6,10H,3-4,7H2,1-2H3,(H,16,17,18,19). The Bertz CT molecular complexity index is 666. The number of amides is 1. The first-order valence-corrected chi connectivity index (χ1v) is 7.24. The lowest BCUT2D eigenvalue weighted by Gasteiger charge is -2.22. The average Bonchev–Trinajstić information content (AvgIpc) is 3.16. The highest BCUT2D eigenvalue weighted by Crippen LogP contribution is 2.31. The zero-order valence-electron chi connectivity index (χ0n) is 11.9. The topological polar surface area (TPSA) is 74.8 Å². The van der Waals surface area contributed by atoms with E-state index in [-0.39, 0.29) is 11.9 Å². The van der Waals surface area contributed by atoms with Crippen LogP contribution in [-0.4, -0.2) is 37.5 Å². The predicted molar refractivity (Wildman–Crippen MR) is 78.0 cm³/mol. The number of aromatic nitrogens is 4. The maximum atomic E-state index is 12.8. The number of halogens is 1. The second kappa shape index (κ2) is 5.44. The first kappa shape index (κ1) is 14.0. The van der Waals surface area contributed by atoms with Crippen LogP contribution >= 0.6 is 11.6 Å². The maximum Gasteiger partial charge on any atom is 0.256 e. The van der Waals surface area contributed by atoms with E-state index in [0.29, 0.717) is 23.0 Å². The largest absolute Gasteiger partial charge is 0.328 e. The number of tetrazole rings is 1. The molecule has 1 heterocycles. The van der Waals surface area contributed by atoms with Crippen LogP contribution in [-0.2, 0) is 6.54 Å². The summed E-state index contributed by atoms with van der Waals surface area (Å²) in [7, 11) is 0. The first-order chi connectivity index (χ1) is 10.1. The van der Waals surface area contributed by atoms with E-state index in [1.54, 1.807) is 4.90 Å². The van der Waals surface area contributed by atoms with Gasteiger partial charge >= 0.3 is 0 Å². The van der Waals surface area contributed by atoms with Crippen LogP contribution in [0, 0.1) is 13.8 Å². The summed E-state index contributed by atoms with van der Waals surface area (Å²) in [5.74, 6) is 0.436. The van der Waals surface area contributed by atoms with Crippen LogP contribution in [0.3, 0.4) is 0 Å². The summed E-state index contributed by atoms with van der Waals surface area (Å²) in [6, 6.07) is 3.93. The van der Waals surface area contributed by atoms with E-state index >= 15 is 0 Å². The molecule has 6 nitrogen and oxygen atoms in total. The highest BCUT2D eigenvalue weighted by molar-refractivity contribution is 6.34. The Morgan fingerprint density at radius 3 is 2.71 bits per heavy atom. The molecule has 1 N–H and O–H groups in total. The van der Waals surface area contributed by atoms with Crippen LogP contribution < -0.4 is 0 Å². The van der Waals surface area contributed by atoms with Gasteiger partial charge in [-0.15, -0.1) is 10.2 Å². The van der Waals surface area contributed by atoms with Crippen molar-refractivity contribution in [1.82, 2.24) is 25.5 Å². The number of aromatic amines is 1. The molecule has 1 aromatic carbocycles. The molecule has 1 saturated carbocycles. The van der Waals surface area contributed by atoms with Crippen LogP contribution in [0.15, 0.2) is 12.1 Å². The average molecular weight is 306 g/mol. The molecular weight excluding hydrogens is 290 g/mol. The second-order valence-corrected chi connectivity index (χ2v) is 5.82. The summed E-state index contributed by atoms with van der Waals surface area (Å²) in [5, 5.41) is 14.3. The second-order valence-electron chi connectivity index (χ2n) is 5.41. The van der Waals surface area contributed by atoms with Crippen molar-refractivity contribution in [3.63, 3.8) is 0 Å². The molecule has 0 aliphatic heterocycles. The molecule has 1 fully saturated rings. The molecule has 1 aliphatic carbocycles. The summed E-state index contributed by atoms with van der Waals surface area (Å²) in [5.41, 5.74) is 2.67. The number of hydrogen-bond donors (Lipinski definition) is 1. The molecule has 0 saturated heterocycles. The molecule has 0 spiro atoms. The number of benzene rings is 1. The van der Waals surface area contributed by atoms with Gasteiger partial charge in [0.05, 0.1) is 17.1 Å². The summed E-state index contributed by atoms with van der Waals surface area (Å²) < 4.78 is 0. The SMILES string of the molecule is Cc1cc(Cl)c(C(=O)N(Cc2nn[nH]n2)C2CC2)cc1C. The molecule has 2 aromatic rings. The summed E-state index contributed by atoms with van der Waals surface area (Å²) in [6.07, 6.45) is 2.01. The van der Waals surface area contributed by atoms with E-state index < -0.39 is 0 Å². The molecule has 7 heteroatoms. The summed E-state index contributed by atoms with van der Waals surface area (Å²) in [6.45, 7) is 4.31. The van der Waals surface area contributed by atoms with E-state index in [2.05, 4.69) is 20.6 Å². The Balaban J connectivity index is 1.89. The van der Waals surface area contributed by atoms with Crippen molar-refractivity contribution < 1.29 is 4.79 Å². The van der Waals surface area contributed by atoms with Gasteiger partial charge < -0.3 is 4.90 Å². The van der Waals surface area contributed by atoms with E-state index in [9.17, 15) is 4.79 Å². The smallest absolute Gasteiger partial charge is 0.256 e. The quantitative estimate of drug-likeness (QED) is 0.940. The van der Waals surface area contributed by atoms with E-state index in [1.165, 1.54) is 0 Å². The third-order valence-corrected chi connectivity index (χ3v) is 4.08. The molecule has 0 atom stereocenters. The number of carbonyl (C=O) groups excluding carboxylic acids is 1. The van der Waals surface area contributed by atoms with Gasteiger partial charge in [-0.2, -0.15) is 5.21 Å². The van der Waals surface area contributed by atoms with Crippen molar-refractivity contribution in [3.05, 3.63) is 39.7 Å². The van der Waals surface area contributed by atoms with Crippen molar-refractivity contribution in [3.8, 4) is 0 Å². The first-order valence-electron chi connectivity index (χ1n) is 6.86. The summed E-state index contributed by atoms with van der Waals surface area (Å²) >= 11 is 6.25. The molecule has 1 amide bonds. The third-order valence-electron chi connectivity index (χ3n) is 3.76. The van der Waals surface area contributed by atoms with Gasteiger partial charge in [-0.25, -0.2) is 0 Å². The molecule has 110 valence electrons. The molecular formula is C14H16ClN5O. The Morgan fingerprint density at radius 2 is 2.10 bits per heavy atom. The van der Waals surface area contributed by atoms with Gasteiger partial charge in [-0.05, 0) is 49.9 Å². The minimum absolute atomic E-state index is 0.0737. The maximum absolute atomic E-state index is 12.8. The number of carbonyl (C=O) groups is 1. The molecule has 21 heavy (non-hydrogen) atoms. The number of nitrogens with zero attached hydrogens (tertiary/aromatic N) is 4. The van der Waals surface area contributed by atoms with Crippen molar-refractivity contribution in [2.45, 2.75) is 39.3 Å². The Morgan fingerprint density at radius 1 is 1.38 bits per heavy atom. The van der Waals surface area contributed by atoms with Crippen LogP contribution in [0.25, 0.3) is 0 Å². The summed E-state index contributed by atoms with van der Waals surface area (Å²) in [4.78, 5) is 14.6. The molecule has 0 unspecified atom stereocenters. The number of hydrogen-bond acceptors (Lipinski definition) is 4. The van der Waals surface area contributed by atoms with E-state index in [0.717, 1.165) is 24.0 Å². The molecule has 1 aromatic heterocycles. The fourth-order valence-corrected chi connectivity index (χ4v) is 2.55. The Kier molecular flexibility index (Phi) is 3.63. The van der Waals surface area contributed by atoms with Crippen LogP contribution in [0.1, 0.15) is 40.2 Å². The molecule has 0 bridgehead atoms. The van der Waals surface area contributed by atoms with Crippen molar-refractivity contribution in [2.75, 3.05) is 0 Å². The van der Waals surface area contributed by atoms with Crippen LogP contribution in [0.2, 0.25) is 5.02 Å². The fraction of sp³-hybridized carbons (Fsp3) is 0.429. The van der Waals surface area contributed by atoms with Crippen molar-refractivity contribution >= 4 is 17.5 Å². The highest BCUT2D eigenvalue weighted by atomic mass is 35.5. The zero-order chi connectivity index (χ0) is 15.0. The van der Waals surface area contributed by atoms with Gasteiger partial charge in [-0.3, -0.25) is 4.79 Å². The lowest BCUT2D eigenvalue weighted by molar-refractivity contribution is 0.0725. The number of H-pyrrole nitrogens is 1. The predicted octanol–water partition coefficient (Wildman–Crippen LogP) is 2.27. The Labute approximate surface area is 127 Å². The van der Waals surface area contributed by atoms with Crippen LogP contribution in [0.4, 0.5) is 0 Å². The zero-order valence-corrected chi connectivity index (χ0v) is 12.7. The van der Waals surface area contributed by atoms with E-state index in [4.69, 9.17) is 11.6 Å². The highest BCUT2D eigenvalue weighted by Gasteiger charge is 2.34. The van der Waals surface area contributed by atoms with Gasteiger partial charge in [0, 0.05) is 6.04 Å². The normalized spacial score (nSPS) is 14.2. The van der Waals surface area contributed by atoms with Gasteiger partial charge in [0.15, 0.2) is 5.82 Å². The minimum Gasteiger partial charge on any atom is -0.328 e. The third kappa shape index (κ3) is 2.90. The lowest BCUT2D eigenvalue weighted by atomic mass is 10.1. The molecule has 1 aliphatic rings. The van der Waals surface area contributed by atoms with Crippen molar-refractivity contribution in [2.24, 2.45) is 0 Å². The van der Waals surface area contributed by atoms with E-state index in [1.807, 2.05) is 26.0 Å². The Hall–Kier alpha value is -1.95. The number of aryl methyl sites for hydroxylation is 2. The van der Waals surface area contributed by atoms with Gasteiger partial charge in [-0.1, -0.05) is 16.8 Å². The molecule has 3 rings (SSSR count). The molecule has 0 radical (unpaired) electrons. The monoisotopic (exact) mass is 305 g/mol. The minimum atomic E-state index is -0.0737. The lowest BCUT2D eigenvalue weighted by Crippen LogP contribution is -2.33. The van der Waals surface area contributed by atoms with Crippen molar-refractivity contribution in [1.29, 1.82) is 0 Å². The van der Waals surface area contributed by atoms with Gasteiger partial charge in [0.1, 0.15) is 0 Å². The van der Waals surface area contributed by atoms with Gasteiger partial charge in [0.2, 0.25) is 0 Å². The van der Waals surface area contributed by atoms with Gasteiger partial charge in [0.25, 0.3) is 5.91 Å². The number of rotatable bonds is 4. The number of nitrogens with one attached hydrogen (secondary N) is 1. The fourth-order valence-electron chi connectivity index (χ4n) is 2.25.